The molecule has 0 bridgehead atoms. The van der Waals surface area contributed by atoms with Gasteiger partial charge in [-0.25, -0.2) is 4.39 Å². The lowest BCUT2D eigenvalue weighted by atomic mass is 10.0. The van der Waals surface area contributed by atoms with Crippen LogP contribution in [0.15, 0.2) is 48.5 Å². The molecule has 0 radical (unpaired) electrons. The summed E-state index contributed by atoms with van der Waals surface area (Å²) >= 11 is 0. The van der Waals surface area contributed by atoms with Crippen LogP contribution < -0.4 is 10.2 Å². The fourth-order valence-corrected chi connectivity index (χ4v) is 2.19. The Bertz CT molecular complexity index is 628. The molecule has 0 spiro atoms. The minimum absolute atomic E-state index is 0.132. The van der Waals surface area contributed by atoms with Crippen LogP contribution in [0.1, 0.15) is 15.9 Å². The number of hydrogen-bond acceptors (Lipinski definition) is 2. The molecule has 0 saturated heterocycles. The minimum atomic E-state index is -0.351. The summed E-state index contributed by atoms with van der Waals surface area (Å²) in [5.41, 5.74) is 2.18. The van der Waals surface area contributed by atoms with E-state index in [0.717, 1.165) is 18.5 Å². The van der Waals surface area contributed by atoms with Crippen molar-refractivity contribution in [3.05, 3.63) is 65.5 Å². The van der Waals surface area contributed by atoms with Crippen molar-refractivity contribution >= 4 is 11.6 Å². The van der Waals surface area contributed by atoms with E-state index < -0.39 is 0 Å². The zero-order valence-electron chi connectivity index (χ0n) is 12.3. The molecule has 2 aromatic rings. The fourth-order valence-electron chi connectivity index (χ4n) is 2.19. The number of nitrogens with zero attached hydrogens (tertiary/aromatic N) is 1. The van der Waals surface area contributed by atoms with Crippen molar-refractivity contribution in [1.29, 1.82) is 0 Å². The lowest BCUT2D eigenvalue weighted by molar-refractivity contribution is 0.0992. The number of amides is 1. The number of halogens is 1. The van der Waals surface area contributed by atoms with Crippen LogP contribution >= 0.6 is 0 Å². The third-order valence-electron chi connectivity index (χ3n) is 3.39. The Morgan fingerprint density at radius 2 is 1.95 bits per heavy atom. The van der Waals surface area contributed by atoms with E-state index >= 15 is 0 Å². The SMILES string of the molecule is CNCCc1ccccc1C(=O)N(C)c1cccc(F)c1. The number of anilines is 1. The Labute approximate surface area is 124 Å². The van der Waals surface area contributed by atoms with Crippen LogP contribution in [0.25, 0.3) is 0 Å². The zero-order valence-corrected chi connectivity index (χ0v) is 12.3. The molecular weight excluding hydrogens is 267 g/mol. The largest absolute Gasteiger partial charge is 0.319 e. The van der Waals surface area contributed by atoms with Gasteiger partial charge in [-0.1, -0.05) is 24.3 Å². The van der Waals surface area contributed by atoms with Gasteiger partial charge in [0.2, 0.25) is 0 Å². The first-order chi connectivity index (χ1) is 10.1. The second kappa shape index (κ2) is 6.99. The molecule has 0 heterocycles. The Hall–Kier alpha value is -2.20. The van der Waals surface area contributed by atoms with Crippen molar-refractivity contribution in [3.63, 3.8) is 0 Å². The van der Waals surface area contributed by atoms with E-state index in [9.17, 15) is 9.18 Å². The maximum Gasteiger partial charge on any atom is 0.258 e. The van der Waals surface area contributed by atoms with Crippen LogP contribution in [0, 0.1) is 5.82 Å². The number of hydrogen-bond donors (Lipinski definition) is 1. The van der Waals surface area contributed by atoms with Crippen molar-refractivity contribution in [2.45, 2.75) is 6.42 Å². The molecule has 0 fully saturated rings. The summed E-state index contributed by atoms with van der Waals surface area (Å²) in [6.07, 6.45) is 0.773. The number of benzene rings is 2. The number of likely N-dealkylation sites (N-methyl/N-ethyl adjacent to an activating group) is 1. The fraction of sp³-hybridized carbons (Fsp3) is 0.235. The highest BCUT2D eigenvalue weighted by molar-refractivity contribution is 6.06. The molecule has 0 aromatic heterocycles. The molecule has 0 aliphatic carbocycles. The third kappa shape index (κ3) is 3.67. The van der Waals surface area contributed by atoms with Crippen molar-refractivity contribution in [1.82, 2.24) is 5.32 Å². The third-order valence-corrected chi connectivity index (χ3v) is 3.39. The normalized spacial score (nSPS) is 10.4. The van der Waals surface area contributed by atoms with Crippen molar-refractivity contribution < 1.29 is 9.18 Å². The quantitative estimate of drug-likeness (QED) is 0.916. The highest BCUT2D eigenvalue weighted by atomic mass is 19.1. The zero-order chi connectivity index (χ0) is 15.2. The van der Waals surface area contributed by atoms with Crippen LogP contribution in [0.3, 0.4) is 0 Å². The topological polar surface area (TPSA) is 32.3 Å². The Morgan fingerprint density at radius 1 is 1.19 bits per heavy atom. The Kier molecular flexibility index (Phi) is 5.06. The molecule has 2 rings (SSSR count). The van der Waals surface area contributed by atoms with E-state index in [1.807, 2.05) is 31.3 Å². The van der Waals surface area contributed by atoms with E-state index in [1.54, 1.807) is 19.2 Å². The Balaban J connectivity index is 2.27. The summed E-state index contributed by atoms with van der Waals surface area (Å²) in [6, 6.07) is 13.6. The van der Waals surface area contributed by atoms with E-state index in [0.29, 0.717) is 11.3 Å². The van der Waals surface area contributed by atoms with E-state index in [-0.39, 0.29) is 11.7 Å². The average molecular weight is 286 g/mol. The second-order valence-corrected chi connectivity index (χ2v) is 4.85. The van der Waals surface area contributed by atoms with Crippen molar-refractivity contribution in [3.8, 4) is 0 Å². The first-order valence-corrected chi connectivity index (χ1v) is 6.89. The molecule has 1 N–H and O–H groups in total. The molecule has 0 aliphatic rings. The molecule has 0 saturated carbocycles. The van der Waals surface area contributed by atoms with Gasteiger partial charge in [0.1, 0.15) is 5.82 Å². The van der Waals surface area contributed by atoms with Crippen molar-refractivity contribution in [2.24, 2.45) is 0 Å². The summed E-state index contributed by atoms with van der Waals surface area (Å²) in [6.45, 7) is 0.800. The van der Waals surface area contributed by atoms with Gasteiger partial charge in [0.25, 0.3) is 5.91 Å². The molecule has 0 atom stereocenters. The summed E-state index contributed by atoms with van der Waals surface area (Å²) in [5, 5.41) is 3.08. The molecule has 3 nitrogen and oxygen atoms in total. The summed E-state index contributed by atoms with van der Waals surface area (Å²) < 4.78 is 13.3. The first kappa shape index (κ1) is 15.2. The smallest absolute Gasteiger partial charge is 0.258 e. The van der Waals surface area contributed by atoms with Crippen LogP contribution in [0.5, 0.6) is 0 Å². The summed E-state index contributed by atoms with van der Waals surface area (Å²) in [7, 11) is 3.54. The van der Waals surface area contributed by atoms with Crippen LogP contribution in [-0.2, 0) is 6.42 Å². The van der Waals surface area contributed by atoms with E-state index in [2.05, 4.69) is 5.32 Å². The summed E-state index contributed by atoms with van der Waals surface area (Å²) in [5.74, 6) is -0.483. The van der Waals surface area contributed by atoms with E-state index in [4.69, 9.17) is 0 Å². The number of carbonyl (C=O) groups excluding carboxylic acids is 1. The number of carbonyl (C=O) groups is 1. The minimum Gasteiger partial charge on any atom is -0.319 e. The maximum atomic E-state index is 13.3. The van der Waals surface area contributed by atoms with E-state index in [1.165, 1.54) is 17.0 Å². The standard InChI is InChI=1S/C17H19FN2O/c1-19-11-10-13-6-3-4-9-16(13)17(21)20(2)15-8-5-7-14(18)12-15/h3-9,12,19H,10-11H2,1-2H3. The van der Waals surface area contributed by atoms with Gasteiger partial charge in [-0.3, -0.25) is 4.79 Å². The molecule has 1 amide bonds. The highest BCUT2D eigenvalue weighted by Gasteiger charge is 2.16. The highest BCUT2D eigenvalue weighted by Crippen LogP contribution is 2.19. The lowest BCUT2D eigenvalue weighted by Gasteiger charge is -2.19. The van der Waals surface area contributed by atoms with Gasteiger partial charge in [-0.15, -0.1) is 0 Å². The lowest BCUT2D eigenvalue weighted by Crippen LogP contribution is -2.27. The van der Waals surface area contributed by atoms with Crippen LogP contribution in [0.2, 0.25) is 0 Å². The van der Waals surface area contributed by atoms with Gasteiger partial charge >= 0.3 is 0 Å². The van der Waals surface area contributed by atoms with Gasteiger partial charge in [-0.2, -0.15) is 0 Å². The maximum absolute atomic E-state index is 13.3. The van der Waals surface area contributed by atoms with Gasteiger partial charge in [0, 0.05) is 18.3 Å². The van der Waals surface area contributed by atoms with Crippen molar-refractivity contribution in [2.75, 3.05) is 25.5 Å². The van der Waals surface area contributed by atoms with Gasteiger partial charge in [0.15, 0.2) is 0 Å². The number of rotatable bonds is 5. The van der Waals surface area contributed by atoms with Gasteiger partial charge in [-0.05, 0) is 49.8 Å². The molecule has 110 valence electrons. The molecular formula is C17H19FN2O. The predicted molar refractivity (Wildman–Crippen MR) is 83.2 cm³/mol. The molecule has 4 heteroatoms. The molecule has 0 unspecified atom stereocenters. The monoisotopic (exact) mass is 286 g/mol. The van der Waals surface area contributed by atoms with Crippen LogP contribution in [0.4, 0.5) is 10.1 Å². The molecule has 21 heavy (non-hydrogen) atoms. The van der Waals surface area contributed by atoms with Gasteiger partial charge in [0.05, 0.1) is 0 Å². The molecule has 2 aromatic carbocycles. The molecule has 0 aliphatic heterocycles. The predicted octanol–water partition coefficient (Wildman–Crippen LogP) is 2.86. The van der Waals surface area contributed by atoms with Gasteiger partial charge < -0.3 is 10.2 Å². The first-order valence-electron chi connectivity index (χ1n) is 6.89. The summed E-state index contributed by atoms with van der Waals surface area (Å²) in [4.78, 5) is 14.1. The number of nitrogens with one attached hydrogen (secondary N) is 1. The Morgan fingerprint density at radius 3 is 2.67 bits per heavy atom. The second-order valence-electron chi connectivity index (χ2n) is 4.85. The average Bonchev–Trinajstić information content (AvgIpc) is 2.51. The van der Waals surface area contributed by atoms with Crippen LogP contribution in [-0.4, -0.2) is 26.5 Å².